The van der Waals surface area contributed by atoms with Crippen LogP contribution in [0.2, 0.25) is 10.0 Å². The van der Waals surface area contributed by atoms with Crippen LogP contribution in [0.25, 0.3) is 0 Å². The van der Waals surface area contributed by atoms with Gasteiger partial charge in [0.15, 0.2) is 0 Å². The van der Waals surface area contributed by atoms with E-state index in [1.54, 1.807) is 6.92 Å². The molecule has 1 atom stereocenters. The normalized spacial score (nSPS) is 12.9. The van der Waals surface area contributed by atoms with Gasteiger partial charge in [-0.3, -0.25) is 0 Å². The van der Waals surface area contributed by atoms with Gasteiger partial charge >= 0.3 is 6.03 Å². The number of rotatable bonds is 3. The molecule has 0 aliphatic rings. The van der Waals surface area contributed by atoms with Crippen molar-refractivity contribution in [1.82, 2.24) is 10.6 Å². The molecule has 0 bridgehead atoms. The highest BCUT2D eigenvalue weighted by Crippen LogP contribution is 2.28. The molecule has 0 spiro atoms. The minimum atomic E-state index is -0.560. The van der Waals surface area contributed by atoms with Crippen molar-refractivity contribution in [3.8, 4) is 0 Å². The maximum atomic E-state index is 13.4. The third kappa shape index (κ3) is 5.17. The number of hydrogen-bond donors (Lipinski definition) is 2. The van der Waals surface area contributed by atoms with Crippen LogP contribution in [0.4, 0.5) is 9.18 Å². The zero-order valence-electron chi connectivity index (χ0n) is 12.0. The molecule has 0 heterocycles. The summed E-state index contributed by atoms with van der Waals surface area (Å²) in [5.41, 5.74) is 0.476. The van der Waals surface area contributed by atoms with Crippen LogP contribution >= 0.6 is 23.2 Å². The summed E-state index contributed by atoms with van der Waals surface area (Å²) in [4.78, 5) is 11.8. The van der Waals surface area contributed by atoms with E-state index in [9.17, 15) is 9.18 Å². The molecule has 112 valence electrons. The fourth-order valence-corrected chi connectivity index (χ4v) is 2.09. The lowest BCUT2D eigenvalue weighted by Crippen LogP contribution is -2.41. The lowest BCUT2D eigenvalue weighted by atomic mass is 9.97. The smallest absolute Gasteiger partial charge is 0.315 e. The van der Waals surface area contributed by atoms with Crippen LogP contribution in [0.1, 0.15) is 39.3 Å². The van der Waals surface area contributed by atoms with E-state index in [0.29, 0.717) is 17.1 Å². The van der Waals surface area contributed by atoms with Gasteiger partial charge in [0.2, 0.25) is 0 Å². The average Bonchev–Trinajstić information content (AvgIpc) is 2.30. The largest absolute Gasteiger partial charge is 0.338 e. The van der Waals surface area contributed by atoms with Gasteiger partial charge in [0.1, 0.15) is 5.82 Å². The molecule has 1 aromatic carbocycles. The molecule has 1 unspecified atom stereocenters. The van der Waals surface area contributed by atoms with Crippen molar-refractivity contribution in [3.63, 3.8) is 0 Å². The topological polar surface area (TPSA) is 41.1 Å². The zero-order valence-corrected chi connectivity index (χ0v) is 13.5. The first-order chi connectivity index (χ1) is 9.10. The minimum absolute atomic E-state index is 0.00932. The number of carbonyl (C=O) groups is 1. The predicted molar refractivity (Wildman–Crippen MR) is 80.8 cm³/mol. The first kappa shape index (κ1) is 17.1. The van der Waals surface area contributed by atoms with Gasteiger partial charge in [-0.2, -0.15) is 0 Å². The van der Waals surface area contributed by atoms with Gasteiger partial charge in [-0.25, -0.2) is 9.18 Å². The van der Waals surface area contributed by atoms with Crippen molar-refractivity contribution in [2.75, 3.05) is 6.54 Å². The summed E-state index contributed by atoms with van der Waals surface area (Å²) in [6, 6.07) is 1.83. The summed E-state index contributed by atoms with van der Waals surface area (Å²) in [5.74, 6) is -0.560. The fourth-order valence-electron chi connectivity index (χ4n) is 1.54. The van der Waals surface area contributed by atoms with Crippen LogP contribution in [-0.4, -0.2) is 12.6 Å². The van der Waals surface area contributed by atoms with E-state index in [1.807, 2.05) is 20.8 Å². The van der Waals surface area contributed by atoms with Gasteiger partial charge in [-0.1, -0.05) is 44.0 Å². The Morgan fingerprint density at radius 3 is 2.45 bits per heavy atom. The number of nitrogens with one attached hydrogen (secondary N) is 2. The number of urea groups is 1. The van der Waals surface area contributed by atoms with Crippen LogP contribution in [0.5, 0.6) is 0 Å². The number of carbonyl (C=O) groups excluding carboxylic acids is 1. The number of hydrogen-bond acceptors (Lipinski definition) is 1. The molecular weight excluding hydrogens is 302 g/mol. The molecule has 0 fully saturated rings. The fraction of sp³-hybridized carbons (Fsp3) is 0.500. The Labute approximate surface area is 128 Å². The third-order valence-electron chi connectivity index (χ3n) is 2.63. The standard InChI is InChI=1S/C14H19Cl2FN2O/c1-8(19-13(20)18-7-14(2,3)4)9-5-12(17)11(16)6-10(9)15/h5-6,8H,7H2,1-4H3,(H2,18,19,20). The summed E-state index contributed by atoms with van der Waals surface area (Å²) in [7, 11) is 0. The van der Waals surface area contributed by atoms with E-state index in [4.69, 9.17) is 23.2 Å². The lowest BCUT2D eigenvalue weighted by Gasteiger charge is -2.21. The highest BCUT2D eigenvalue weighted by atomic mass is 35.5. The third-order valence-corrected chi connectivity index (χ3v) is 3.25. The van der Waals surface area contributed by atoms with Gasteiger partial charge in [0.05, 0.1) is 11.1 Å². The highest BCUT2D eigenvalue weighted by Gasteiger charge is 2.17. The van der Waals surface area contributed by atoms with Crippen LogP contribution in [-0.2, 0) is 0 Å². The van der Waals surface area contributed by atoms with Crippen molar-refractivity contribution in [2.24, 2.45) is 5.41 Å². The summed E-state index contributed by atoms with van der Waals surface area (Å²) >= 11 is 11.6. The quantitative estimate of drug-likeness (QED) is 0.789. The molecule has 0 radical (unpaired) electrons. The number of amides is 2. The Balaban J connectivity index is 2.69. The Morgan fingerprint density at radius 1 is 1.30 bits per heavy atom. The molecule has 2 N–H and O–H groups in total. The molecule has 0 aliphatic carbocycles. The minimum Gasteiger partial charge on any atom is -0.338 e. The van der Waals surface area contributed by atoms with Crippen LogP contribution < -0.4 is 10.6 Å². The van der Waals surface area contributed by atoms with Gasteiger partial charge in [0.25, 0.3) is 0 Å². The number of halogens is 3. The molecule has 3 nitrogen and oxygen atoms in total. The van der Waals surface area contributed by atoms with E-state index in [1.165, 1.54) is 12.1 Å². The second kappa shape index (κ2) is 6.64. The van der Waals surface area contributed by atoms with Crippen molar-refractivity contribution in [3.05, 3.63) is 33.6 Å². The Bertz CT molecular complexity index is 501. The summed E-state index contributed by atoms with van der Waals surface area (Å²) in [6.45, 7) is 8.31. The molecule has 0 saturated heterocycles. The molecule has 1 aromatic rings. The first-order valence-corrected chi connectivity index (χ1v) is 7.04. The maximum absolute atomic E-state index is 13.4. The van der Waals surface area contributed by atoms with Crippen molar-refractivity contribution in [2.45, 2.75) is 33.7 Å². The lowest BCUT2D eigenvalue weighted by molar-refractivity contribution is 0.232. The molecule has 0 saturated carbocycles. The second-order valence-corrected chi connectivity index (χ2v) is 6.71. The first-order valence-electron chi connectivity index (χ1n) is 6.29. The van der Waals surface area contributed by atoms with Crippen molar-refractivity contribution < 1.29 is 9.18 Å². The van der Waals surface area contributed by atoms with Crippen molar-refractivity contribution in [1.29, 1.82) is 0 Å². The molecule has 20 heavy (non-hydrogen) atoms. The van der Waals surface area contributed by atoms with E-state index in [-0.39, 0.29) is 16.5 Å². The van der Waals surface area contributed by atoms with E-state index < -0.39 is 11.9 Å². The second-order valence-electron chi connectivity index (χ2n) is 5.90. The molecule has 6 heteroatoms. The SMILES string of the molecule is CC(NC(=O)NCC(C)(C)C)c1cc(F)c(Cl)cc1Cl. The Morgan fingerprint density at radius 2 is 1.90 bits per heavy atom. The average molecular weight is 321 g/mol. The van der Waals surface area contributed by atoms with E-state index in [2.05, 4.69) is 10.6 Å². The Hall–Kier alpha value is -1.00. The summed E-state index contributed by atoms with van der Waals surface area (Å²) in [6.07, 6.45) is 0. The van der Waals surface area contributed by atoms with Crippen LogP contribution in [0, 0.1) is 11.2 Å². The zero-order chi connectivity index (χ0) is 15.5. The van der Waals surface area contributed by atoms with Crippen molar-refractivity contribution >= 4 is 29.2 Å². The molecule has 2 amide bonds. The van der Waals surface area contributed by atoms with Gasteiger partial charge in [0, 0.05) is 11.6 Å². The molecule has 0 aromatic heterocycles. The number of benzene rings is 1. The summed E-state index contributed by atoms with van der Waals surface area (Å²) in [5, 5.41) is 5.75. The predicted octanol–water partition coefficient (Wildman–Crippen LogP) is 4.54. The van der Waals surface area contributed by atoms with Crippen LogP contribution in [0.3, 0.4) is 0 Å². The molecule has 1 rings (SSSR count). The van der Waals surface area contributed by atoms with Crippen LogP contribution in [0.15, 0.2) is 12.1 Å². The van der Waals surface area contributed by atoms with E-state index >= 15 is 0 Å². The highest BCUT2D eigenvalue weighted by molar-refractivity contribution is 6.35. The molecular formula is C14H19Cl2FN2O. The van der Waals surface area contributed by atoms with Gasteiger partial charge in [-0.15, -0.1) is 0 Å². The monoisotopic (exact) mass is 320 g/mol. The van der Waals surface area contributed by atoms with Gasteiger partial charge < -0.3 is 10.6 Å². The summed E-state index contributed by atoms with van der Waals surface area (Å²) < 4.78 is 13.4. The Kier molecular flexibility index (Phi) is 5.66. The molecule has 0 aliphatic heterocycles. The van der Waals surface area contributed by atoms with Gasteiger partial charge in [-0.05, 0) is 30.0 Å². The van der Waals surface area contributed by atoms with E-state index in [0.717, 1.165) is 0 Å². The maximum Gasteiger partial charge on any atom is 0.315 e.